The molecule has 0 aliphatic heterocycles. The van der Waals surface area contributed by atoms with E-state index in [-0.39, 0.29) is 0 Å². The number of aromatic nitrogens is 1. The predicted molar refractivity (Wildman–Crippen MR) is 147 cm³/mol. The Balaban J connectivity index is 1.61. The van der Waals surface area contributed by atoms with Crippen molar-refractivity contribution < 1.29 is 4.74 Å². The lowest BCUT2D eigenvalue weighted by molar-refractivity contribution is 0.202. The van der Waals surface area contributed by atoms with E-state index in [9.17, 15) is 0 Å². The van der Waals surface area contributed by atoms with E-state index in [4.69, 9.17) is 9.84 Å². The van der Waals surface area contributed by atoms with Gasteiger partial charge in [-0.05, 0) is 65.3 Å². The molecular weight excluding hydrogens is 428 g/mol. The van der Waals surface area contributed by atoms with Gasteiger partial charge in [0.2, 0.25) is 0 Å². The van der Waals surface area contributed by atoms with Gasteiger partial charge in [0.1, 0.15) is 0 Å². The molecule has 35 heavy (non-hydrogen) atoms. The Hall–Kier alpha value is -3.69. The first-order valence-corrected chi connectivity index (χ1v) is 12.6. The largest absolute Gasteiger partial charge is 0.384 e. The summed E-state index contributed by atoms with van der Waals surface area (Å²) in [5.74, 6) is 0. The molecule has 1 heterocycles. The molecule has 0 spiro atoms. The van der Waals surface area contributed by atoms with Gasteiger partial charge in [-0.15, -0.1) is 0 Å². The maximum atomic E-state index is 5.37. The zero-order chi connectivity index (χ0) is 23.9. The van der Waals surface area contributed by atoms with Gasteiger partial charge in [0.15, 0.2) is 0 Å². The third kappa shape index (κ3) is 3.59. The molecule has 0 bridgehead atoms. The Morgan fingerprint density at radius 1 is 0.657 bits per heavy atom. The SMILES string of the molecule is CCc1ccc2c(c1)-c1cc(CC)ccc1C2=Nn1c2ccccc2c2cc(CCOC)ccc21. The fourth-order valence-corrected chi connectivity index (χ4v) is 5.32. The average molecular weight is 459 g/mol. The number of benzene rings is 4. The minimum absolute atomic E-state index is 0.722. The van der Waals surface area contributed by atoms with Gasteiger partial charge in [0.05, 0.1) is 23.4 Å². The van der Waals surface area contributed by atoms with Crippen LogP contribution < -0.4 is 0 Å². The number of para-hydroxylation sites is 1. The first-order valence-electron chi connectivity index (χ1n) is 12.6. The molecule has 174 valence electrons. The van der Waals surface area contributed by atoms with Crippen LogP contribution in [0.1, 0.15) is 41.7 Å². The van der Waals surface area contributed by atoms with Crippen molar-refractivity contribution in [1.29, 1.82) is 0 Å². The number of methoxy groups -OCH3 is 1. The monoisotopic (exact) mass is 458 g/mol. The third-order valence-electron chi connectivity index (χ3n) is 7.29. The van der Waals surface area contributed by atoms with Crippen LogP contribution in [-0.4, -0.2) is 24.1 Å². The van der Waals surface area contributed by atoms with E-state index in [1.807, 2.05) is 0 Å². The van der Waals surface area contributed by atoms with Gasteiger partial charge in [-0.1, -0.05) is 74.5 Å². The molecule has 0 atom stereocenters. The Morgan fingerprint density at radius 3 is 1.94 bits per heavy atom. The summed E-state index contributed by atoms with van der Waals surface area (Å²) in [6.45, 7) is 5.15. The highest BCUT2D eigenvalue weighted by molar-refractivity contribution is 6.25. The van der Waals surface area contributed by atoms with Crippen molar-refractivity contribution in [2.75, 3.05) is 13.7 Å². The van der Waals surface area contributed by atoms with Crippen LogP contribution in [0.15, 0.2) is 84.0 Å². The lowest BCUT2D eigenvalue weighted by Crippen LogP contribution is -2.03. The molecule has 5 aromatic rings. The standard InChI is InChI=1S/C32H30N2O/c1-4-21-10-13-25-27(18-21)28-19-22(5-2)11-14-26(28)32(25)33-34-30-9-7-6-8-24(30)29-20-23(16-17-35-3)12-15-31(29)34/h6-15,18-20H,4-5,16-17H2,1-3H3. The minimum atomic E-state index is 0.722. The van der Waals surface area contributed by atoms with Gasteiger partial charge < -0.3 is 4.74 Å². The van der Waals surface area contributed by atoms with Crippen LogP contribution in [0.2, 0.25) is 0 Å². The van der Waals surface area contributed by atoms with Crippen LogP contribution in [0.3, 0.4) is 0 Å². The van der Waals surface area contributed by atoms with Crippen molar-refractivity contribution >= 4 is 27.5 Å². The maximum Gasteiger partial charge on any atom is 0.0997 e. The molecule has 0 amide bonds. The van der Waals surface area contributed by atoms with Crippen molar-refractivity contribution in [2.24, 2.45) is 5.10 Å². The summed E-state index contributed by atoms with van der Waals surface area (Å²) in [5, 5.41) is 7.83. The minimum Gasteiger partial charge on any atom is -0.384 e. The summed E-state index contributed by atoms with van der Waals surface area (Å²) in [5.41, 5.74) is 12.3. The summed E-state index contributed by atoms with van der Waals surface area (Å²) in [4.78, 5) is 0. The first kappa shape index (κ1) is 21.8. The maximum absolute atomic E-state index is 5.37. The molecule has 0 radical (unpaired) electrons. The highest BCUT2D eigenvalue weighted by Gasteiger charge is 2.26. The zero-order valence-electron chi connectivity index (χ0n) is 20.6. The van der Waals surface area contributed by atoms with Crippen molar-refractivity contribution in [3.63, 3.8) is 0 Å². The molecule has 3 heteroatoms. The Kier molecular flexibility index (Phi) is 5.50. The van der Waals surface area contributed by atoms with Crippen molar-refractivity contribution in [3.05, 3.63) is 107 Å². The number of nitrogens with zero attached hydrogens (tertiary/aromatic N) is 2. The van der Waals surface area contributed by atoms with Crippen LogP contribution in [0.25, 0.3) is 32.9 Å². The molecule has 0 N–H and O–H groups in total. The summed E-state index contributed by atoms with van der Waals surface area (Å²) < 4.78 is 7.45. The van der Waals surface area contributed by atoms with Gasteiger partial charge in [-0.2, -0.15) is 5.10 Å². The van der Waals surface area contributed by atoms with Crippen LogP contribution in [-0.2, 0) is 24.0 Å². The van der Waals surface area contributed by atoms with E-state index < -0.39 is 0 Å². The second kappa shape index (κ2) is 8.83. The molecule has 0 saturated carbocycles. The molecule has 0 saturated heterocycles. The third-order valence-corrected chi connectivity index (χ3v) is 7.29. The molecule has 1 aromatic heterocycles. The van der Waals surface area contributed by atoms with Gasteiger partial charge in [-0.25, -0.2) is 4.68 Å². The lowest BCUT2D eigenvalue weighted by atomic mass is 10.00. The van der Waals surface area contributed by atoms with Crippen LogP contribution in [0.4, 0.5) is 0 Å². The predicted octanol–water partition coefficient (Wildman–Crippen LogP) is 7.39. The zero-order valence-corrected chi connectivity index (χ0v) is 20.6. The fourth-order valence-electron chi connectivity index (χ4n) is 5.32. The van der Waals surface area contributed by atoms with E-state index in [0.29, 0.717) is 0 Å². The first-order chi connectivity index (χ1) is 17.2. The molecule has 0 fully saturated rings. The molecule has 1 aliphatic rings. The quantitative estimate of drug-likeness (QED) is 0.256. The number of ether oxygens (including phenoxy) is 1. The number of fused-ring (bicyclic) bond motifs is 6. The Morgan fingerprint density at radius 2 is 1.29 bits per heavy atom. The van der Waals surface area contributed by atoms with E-state index in [2.05, 4.69) is 97.4 Å². The van der Waals surface area contributed by atoms with Crippen molar-refractivity contribution in [1.82, 2.24) is 4.68 Å². The van der Waals surface area contributed by atoms with Crippen LogP contribution in [0.5, 0.6) is 0 Å². The van der Waals surface area contributed by atoms with E-state index in [1.165, 1.54) is 49.7 Å². The summed E-state index contributed by atoms with van der Waals surface area (Å²) in [6.07, 6.45) is 2.96. The average Bonchev–Trinajstić information content (AvgIpc) is 3.39. The number of aryl methyl sites for hydroxylation is 2. The molecule has 3 nitrogen and oxygen atoms in total. The highest BCUT2D eigenvalue weighted by atomic mass is 16.5. The fraction of sp³-hybridized carbons (Fsp3) is 0.219. The van der Waals surface area contributed by atoms with Gasteiger partial charge in [0, 0.05) is 29.0 Å². The molecule has 6 rings (SSSR count). The Labute approximate surface area is 206 Å². The van der Waals surface area contributed by atoms with Crippen LogP contribution in [0, 0.1) is 0 Å². The number of hydrogen-bond donors (Lipinski definition) is 0. The van der Waals surface area contributed by atoms with Crippen molar-refractivity contribution in [2.45, 2.75) is 33.1 Å². The second-order valence-corrected chi connectivity index (χ2v) is 9.34. The van der Waals surface area contributed by atoms with E-state index in [1.54, 1.807) is 7.11 Å². The van der Waals surface area contributed by atoms with E-state index in [0.717, 1.165) is 42.6 Å². The molecule has 4 aromatic carbocycles. The normalized spacial score (nSPS) is 12.4. The molecular formula is C32H30N2O. The second-order valence-electron chi connectivity index (χ2n) is 9.34. The van der Waals surface area contributed by atoms with E-state index >= 15 is 0 Å². The van der Waals surface area contributed by atoms with Crippen molar-refractivity contribution in [3.8, 4) is 11.1 Å². The van der Waals surface area contributed by atoms with Gasteiger partial charge in [0.25, 0.3) is 0 Å². The lowest BCUT2D eigenvalue weighted by Gasteiger charge is -2.07. The molecule has 1 aliphatic carbocycles. The number of hydrogen-bond acceptors (Lipinski definition) is 2. The topological polar surface area (TPSA) is 26.5 Å². The highest BCUT2D eigenvalue weighted by Crippen LogP contribution is 2.39. The molecule has 0 unspecified atom stereocenters. The van der Waals surface area contributed by atoms with Gasteiger partial charge >= 0.3 is 0 Å². The van der Waals surface area contributed by atoms with Gasteiger partial charge in [-0.3, -0.25) is 0 Å². The Bertz CT molecular complexity index is 1550. The summed E-state index contributed by atoms with van der Waals surface area (Å²) in [6, 6.07) is 29.0. The summed E-state index contributed by atoms with van der Waals surface area (Å²) in [7, 11) is 1.75. The summed E-state index contributed by atoms with van der Waals surface area (Å²) >= 11 is 0. The number of rotatable bonds is 6. The smallest absolute Gasteiger partial charge is 0.0997 e. The van der Waals surface area contributed by atoms with Crippen LogP contribution >= 0.6 is 0 Å².